The first-order valence-corrected chi connectivity index (χ1v) is 6.72. The molecule has 5 nitrogen and oxygen atoms in total. The van der Waals surface area contributed by atoms with E-state index in [0.29, 0.717) is 13.0 Å². The van der Waals surface area contributed by atoms with Crippen molar-refractivity contribution >= 4 is 30.7 Å². The topological polar surface area (TPSA) is 72.9 Å². The molecule has 0 aliphatic heterocycles. The highest BCUT2D eigenvalue weighted by molar-refractivity contribution is 5.85. The predicted molar refractivity (Wildman–Crippen MR) is 92.4 cm³/mol. The molecule has 3 N–H and O–H groups in total. The van der Waals surface area contributed by atoms with E-state index in [9.17, 15) is 4.79 Å². The summed E-state index contributed by atoms with van der Waals surface area (Å²) in [5, 5.41) is 7.02. The lowest BCUT2D eigenvalue weighted by molar-refractivity contribution is -0.123. The zero-order valence-electron chi connectivity index (χ0n) is 12.4. The van der Waals surface area contributed by atoms with E-state index in [0.717, 1.165) is 5.56 Å². The van der Waals surface area contributed by atoms with Gasteiger partial charge in [0.2, 0.25) is 5.91 Å². The first-order valence-electron chi connectivity index (χ1n) is 6.72. The van der Waals surface area contributed by atoms with Crippen LogP contribution < -0.4 is 11.1 Å². The van der Waals surface area contributed by atoms with Crippen molar-refractivity contribution in [2.24, 2.45) is 5.73 Å². The minimum atomic E-state index is -0.530. The molecule has 2 rings (SSSR count). The first-order chi connectivity index (χ1) is 9.65. The Morgan fingerprint density at radius 2 is 1.95 bits per heavy atom. The molecule has 0 saturated carbocycles. The molecule has 1 heterocycles. The van der Waals surface area contributed by atoms with Crippen LogP contribution in [0, 0.1) is 0 Å². The van der Waals surface area contributed by atoms with E-state index in [1.807, 2.05) is 49.5 Å². The zero-order chi connectivity index (χ0) is 14.4. The van der Waals surface area contributed by atoms with Crippen LogP contribution in [-0.4, -0.2) is 27.8 Å². The molecule has 122 valence electrons. The van der Waals surface area contributed by atoms with Gasteiger partial charge in [-0.15, -0.1) is 24.8 Å². The Bertz CT molecular complexity index is 534. The number of benzene rings is 1. The van der Waals surface area contributed by atoms with Gasteiger partial charge in [0.1, 0.15) is 0 Å². The van der Waals surface area contributed by atoms with Gasteiger partial charge in [0, 0.05) is 18.4 Å². The molecule has 1 amide bonds. The van der Waals surface area contributed by atoms with Gasteiger partial charge < -0.3 is 11.1 Å². The largest absolute Gasteiger partial charge is 0.350 e. The van der Waals surface area contributed by atoms with E-state index in [2.05, 4.69) is 10.4 Å². The Morgan fingerprint density at radius 3 is 2.55 bits per heavy atom. The van der Waals surface area contributed by atoms with E-state index >= 15 is 0 Å². The smallest absolute Gasteiger partial charge is 0.237 e. The number of carbonyl (C=O) groups is 1. The number of hydrogen-bond donors (Lipinski definition) is 2. The Kier molecular flexibility index (Phi) is 9.49. The van der Waals surface area contributed by atoms with Crippen LogP contribution in [0.5, 0.6) is 0 Å². The maximum atomic E-state index is 12.0. The number of carbonyl (C=O) groups excluding carboxylic acids is 1. The molecule has 2 atom stereocenters. The van der Waals surface area contributed by atoms with Crippen LogP contribution in [0.25, 0.3) is 0 Å². The summed E-state index contributed by atoms with van der Waals surface area (Å²) in [5.41, 5.74) is 7.00. The summed E-state index contributed by atoms with van der Waals surface area (Å²) in [4.78, 5) is 12.0. The molecule has 1 aromatic carbocycles. The van der Waals surface area contributed by atoms with E-state index in [4.69, 9.17) is 5.73 Å². The van der Waals surface area contributed by atoms with Crippen LogP contribution in [0.3, 0.4) is 0 Å². The standard InChI is InChI=1S/C15H20N4O.2ClH/c1-12(11-19-9-5-8-17-19)18-15(20)14(16)10-13-6-3-2-4-7-13;;/h2-9,12,14H,10-11,16H2,1H3,(H,18,20);2*1H. The average molecular weight is 345 g/mol. The van der Waals surface area contributed by atoms with E-state index in [1.54, 1.807) is 10.9 Å². The summed E-state index contributed by atoms with van der Waals surface area (Å²) < 4.78 is 1.79. The fourth-order valence-corrected chi connectivity index (χ4v) is 2.05. The average Bonchev–Trinajstić information content (AvgIpc) is 2.92. The highest BCUT2D eigenvalue weighted by Gasteiger charge is 2.16. The summed E-state index contributed by atoms with van der Waals surface area (Å²) in [5.74, 6) is -0.131. The van der Waals surface area contributed by atoms with E-state index in [1.165, 1.54) is 0 Å². The van der Waals surface area contributed by atoms with Crippen LogP contribution in [0.15, 0.2) is 48.8 Å². The SMILES string of the molecule is CC(Cn1cccn1)NC(=O)C(N)Cc1ccccc1.Cl.Cl. The summed E-state index contributed by atoms with van der Waals surface area (Å²) in [6.45, 7) is 2.58. The van der Waals surface area contributed by atoms with Crippen LogP contribution in [0.2, 0.25) is 0 Å². The molecule has 0 aliphatic rings. The lowest BCUT2D eigenvalue weighted by Crippen LogP contribution is -2.46. The molecular weight excluding hydrogens is 323 g/mol. The van der Waals surface area contributed by atoms with Crippen molar-refractivity contribution in [1.29, 1.82) is 0 Å². The zero-order valence-corrected chi connectivity index (χ0v) is 14.0. The normalized spacial score (nSPS) is 12.5. The van der Waals surface area contributed by atoms with Gasteiger partial charge in [-0.2, -0.15) is 5.10 Å². The van der Waals surface area contributed by atoms with Gasteiger partial charge in [-0.1, -0.05) is 30.3 Å². The molecular formula is C15H22Cl2N4O. The minimum absolute atomic E-state index is 0. The van der Waals surface area contributed by atoms with Gasteiger partial charge in [-0.3, -0.25) is 9.48 Å². The third kappa shape index (κ3) is 6.47. The van der Waals surface area contributed by atoms with E-state index < -0.39 is 6.04 Å². The summed E-state index contributed by atoms with van der Waals surface area (Å²) in [6.07, 6.45) is 4.13. The van der Waals surface area contributed by atoms with Crippen LogP contribution in [0.1, 0.15) is 12.5 Å². The number of nitrogens with one attached hydrogen (secondary N) is 1. The molecule has 0 aliphatic carbocycles. The molecule has 2 unspecified atom stereocenters. The van der Waals surface area contributed by atoms with Gasteiger partial charge in [0.05, 0.1) is 12.6 Å². The van der Waals surface area contributed by atoms with Crippen LogP contribution in [-0.2, 0) is 17.8 Å². The number of aromatic nitrogens is 2. The monoisotopic (exact) mass is 344 g/mol. The van der Waals surface area contributed by atoms with Crippen LogP contribution >= 0.6 is 24.8 Å². The fourth-order valence-electron chi connectivity index (χ4n) is 2.05. The third-order valence-electron chi connectivity index (χ3n) is 3.04. The fraction of sp³-hybridized carbons (Fsp3) is 0.333. The molecule has 2 aromatic rings. The van der Waals surface area contributed by atoms with Crippen molar-refractivity contribution in [3.8, 4) is 0 Å². The lowest BCUT2D eigenvalue weighted by Gasteiger charge is -2.17. The molecule has 1 aromatic heterocycles. The van der Waals surface area contributed by atoms with Crippen molar-refractivity contribution in [2.75, 3.05) is 0 Å². The number of halogens is 2. The van der Waals surface area contributed by atoms with Gasteiger partial charge in [0.15, 0.2) is 0 Å². The Morgan fingerprint density at radius 1 is 1.27 bits per heavy atom. The van der Waals surface area contributed by atoms with Gasteiger partial charge in [0.25, 0.3) is 0 Å². The quantitative estimate of drug-likeness (QED) is 0.839. The maximum absolute atomic E-state index is 12.0. The second kappa shape index (κ2) is 10.2. The number of hydrogen-bond acceptors (Lipinski definition) is 3. The molecule has 0 radical (unpaired) electrons. The number of amides is 1. The van der Waals surface area contributed by atoms with Gasteiger partial charge in [-0.25, -0.2) is 0 Å². The van der Waals surface area contributed by atoms with Crippen molar-refractivity contribution in [2.45, 2.75) is 32.0 Å². The molecule has 7 heteroatoms. The van der Waals surface area contributed by atoms with Crippen LogP contribution in [0.4, 0.5) is 0 Å². The van der Waals surface area contributed by atoms with Crippen molar-refractivity contribution in [3.05, 3.63) is 54.4 Å². The Hall–Kier alpha value is -1.56. The van der Waals surface area contributed by atoms with Crippen molar-refractivity contribution in [3.63, 3.8) is 0 Å². The lowest BCUT2D eigenvalue weighted by atomic mass is 10.1. The second-order valence-electron chi connectivity index (χ2n) is 4.93. The van der Waals surface area contributed by atoms with Crippen molar-refractivity contribution < 1.29 is 4.79 Å². The minimum Gasteiger partial charge on any atom is -0.350 e. The summed E-state index contributed by atoms with van der Waals surface area (Å²) in [7, 11) is 0. The molecule has 0 saturated heterocycles. The summed E-state index contributed by atoms with van der Waals surface area (Å²) >= 11 is 0. The van der Waals surface area contributed by atoms with E-state index in [-0.39, 0.29) is 36.8 Å². The Balaban J connectivity index is 0.00000220. The number of nitrogens with two attached hydrogens (primary N) is 1. The van der Waals surface area contributed by atoms with Gasteiger partial charge >= 0.3 is 0 Å². The van der Waals surface area contributed by atoms with Gasteiger partial charge in [-0.05, 0) is 25.0 Å². The van der Waals surface area contributed by atoms with Crippen molar-refractivity contribution in [1.82, 2.24) is 15.1 Å². The molecule has 0 fully saturated rings. The predicted octanol–water partition coefficient (Wildman–Crippen LogP) is 1.80. The molecule has 0 spiro atoms. The maximum Gasteiger partial charge on any atom is 0.237 e. The number of nitrogens with zero attached hydrogens (tertiary/aromatic N) is 2. The Labute approximate surface area is 143 Å². The third-order valence-corrected chi connectivity index (χ3v) is 3.04. The second-order valence-corrected chi connectivity index (χ2v) is 4.93. The summed E-state index contributed by atoms with van der Waals surface area (Å²) in [6, 6.07) is 11.1. The highest BCUT2D eigenvalue weighted by atomic mass is 35.5. The first kappa shape index (κ1) is 20.4. The molecule has 0 bridgehead atoms. The number of rotatable bonds is 6. The molecule has 22 heavy (non-hydrogen) atoms. The highest BCUT2D eigenvalue weighted by Crippen LogP contribution is 2.02.